The van der Waals surface area contributed by atoms with Gasteiger partial charge >= 0.3 is 0 Å². The summed E-state index contributed by atoms with van der Waals surface area (Å²) in [6.07, 6.45) is 2.82. The summed E-state index contributed by atoms with van der Waals surface area (Å²) in [5.74, 6) is 2.74. The third-order valence-corrected chi connectivity index (χ3v) is 3.40. The van der Waals surface area contributed by atoms with Crippen molar-refractivity contribution in [3.63, 3.8) is 0 Å². The van der Waals surface area contributed by atoms with E-state index >= 15 is 0 Å². The van der Waals surface area contributed by atoms with Gasteiger partial charge in [0.15, 0.2) is 0 Å². The highest BCUT2D eigenvalue weighted by atomic mass is 15.3. The van der Waals surface area contributed by atoms with Gasteiger partial charge in [0.25, 0.3) is 0 Å². The number of hydrogen-bond donors (Lipinski definition) is 1. The second kappa shape index (κ2) is 4.86. The van der Waals surface area contributed by atoms with Crippen LogP contribution in [0.4, 0.5) is 0 Å². The van der Waals surface area contributed by atoms with Crippen LogP contribution in [0.3, 0.4) is 0 Å². The van der Waals surface area contributed by atoms with Crippen molar-refractivity contribution >= 4 is 0 Å². The fourth-order valence-electron chi connectivity index (χ4n) is 2.19. The van der Waals surface area contributed by atoms with Crippen LogP contribution >= 0.6 is 0 Å². The lowest BCUT2D eigenvalue weighted by Crippen LogP contribution is -2.43. The third kappa shape index (κ3) is 2.26. The number of aryl methyl sites for hydroxylation is 1. The minimum absolute atomic E-state index is 0.705. The van der Waals surface area contributed by atoms with Gasteiger partial charge in [0.05, 0.1) is 12.2 Å². The van der Waals surface area contributed by atoms with Crippen LogP contribution < -0.4 is 5.32 Å². The van der Waals surface area contributed by atoms with Gasteiger partial charge in [-0.15, -0.1) is 10.2 Å². The van der Waals surface area contributed by atoms with E-state index in [-0.39, 0.29) is 0 Å². The van der Waals surface area contributed by atoms with E-state index in [1.807, 2.05) is 31.3 Å². The largest absolute Gasteiger partial charge is 0.316 e. The summed E-state index contributed by atoms with van der Waals surface area (Å²) >= 11 is 0. The fraction of sp³-hybridized carbons (Fsp3) is 0.462. The Morgan fingerprint density at radius 1 is 1.33 bits per heavy atom. The number of nitrogens with one attached hydrogen (secondary N) is 1. The van der Waals surface area contributed by atoms with Crippen LogP contribution in [0.2, 0.25) is 0 Å². The average molecular weight is 243 g/mol. The van der Waals surface area contributed by atoms with Gasteiger partial charge in [0.1, 0.15) is 11.6 Å². The highest BCUT2D eigenvalue weighted by Crippen LogP contribution is 2.13. The molecule has 0 atom stereocenters. The average Bonchev–Trinajstić information content (AvgIpc) is 2.67. The molecule has 5 heteroatoms. The van der Waals surface area contributed by atoms with Gasteiger partial charge in [-0.25, -0.2) is 0 Å². The molecule has 1 aliphatic rings. The van der Waals surface area contributed by atoms with Crippen molar-refractivity contribution in [2.24, 2.45) is 5.92 Å². The van der Waals surface area contributed by atoms with Gasteiger partial charge in [-0.05, 0) is 38.1 Å². The van der Waals surface area contributed by atoms with Crippen molar-refractivity contribution in [3.8, 4) is 0 Å². The molecule has 1 aliphatic heterocycles. The van der Waals surface area contributed by atoms with E-state index < -0.39 is 0 Å². The highest BCUT2D eigenvalue weighted by molar-refractivity contribution is 5.07. The molecule has 0 aliphatic carbocycles. The molecule has 0 aromatic carbocycles. The first kappa shape index (κ1) is 11.3. The van der Waals surface area contributed by atoms with Gasteiger partial charge in [-0.2, -0.15) is 0 Å². The topological polar surface area (TPSA) is 55.6 Å². The Hall–Kier alpha value is -1.75. The molecule has 5 nitrogen and oxygen atoms in total. The van der Waals surface area contributed by atoms with E-state index in [0.29, 0.717) is 5.92 Å². The second-order valence-corrected chi connectivity index (χ2v) is 4.80. The van der Waals surface area contributed by atoms with Crippen LogP contribution in [0, 0.1) is 12.8 Å². The van der Waals surface area contributed by atoms with E-state index in [9.17, 15) is 0 Å². The number of pyridine rings is 1. The van der Waals surface area contributed by atoms with E-state index in [2.05, 4.69) is 25.1 Å². The van der Waals surface area contributed by atoms with Crippen LogP contribution in [-0.2, 0) is 13.0 Å². The van der Waals surface area contributed by atoms with Crippen molar-refractivity contribution in [2.75, 3.05) is 13.1 Å². The predicted molar refractivity (Wildman–Crippen MR) is 68.2 cm³/mol. The van der Waals surface area contributed by atoms with Crippen molar-refractivity contribution in [1.82, 2.24) is 25.1 Å². The molecule has 2 aromatic heterocycles. The summed E-state index contributed by atoms with van der Waals surface area (Å²) in [7, 11) is 0. The van der Waals surface area contributed by atoms with Crippen molar-refractivity contribution in [2.45, 2.75) is 19.9 Å². The Kier molecular flexibility index (Phi) is 3.06. The number of nitrogens with zero attached hydrogens (tertiary/aromatic N) is 4. The monoisotopic (exact) mass is 243 g/mol. The lowest BCUT2D eigenvalue weighted by molar-refractivity contribution is 0.337. The molecule has 94 valence electrons. The zero-order chi connectivity index (χ0) is 12.4. The normalized spacial score (nSPS) is 15.6. The highest BCUT2D eigenvalue weighted by Gasteiger charge is 2.20. The first-order valence-electron chi connectivity index (χ1n) is 6.32. The van der Waals surface area contributed by atoms with E-state index in [0.717, 1.165) is 43.4 Å². The SMILES string of the molecule is Cc1nnc(CC2CNC2)n1Cc1ccccn1. The molecule has 2 aromatic rings. The minimum atomic E-state index is 0.705. The molecule has 3 heterocycles. The maximum atomic E-state index is 4.36. The van der Waals surface area contributed by atoms with Crippen LogP contribution in [0.1, 0.15) is 17.3 Å². The summed E-state index contributed by atoms with van der Waals surface area (Å²) in [5, 5.41) is 11.8. The first-order valence-corrected chi connectivity index (χ1v) is 6.32. The molecule has 3 rings (SSSR count). The van der Waals surface area contributed by atoms with E-state index in [1.54, 1.807) is 0 Å². The summed E-state index contributed by atoms with van der Waals surface area (Å²) in [6, 6.07) is 5.98. The molecular weight excluding hydrogens is 226 g/mol. The Morgan fingerprint density at radius 3 is 2.89 bits per heavy atom. The van der Waals surface area contributed by atoms with E-state index in [1.165, 1.54) is 0 Å². The van der Waals surface area contributed by atoms with Crippen LogP contribution in [-0.4, -0.2) is 32.8 Å². The van der Waals surface area contributed by atoms with Crippen LogP contribution in [0.15, 0.2) is 24.4 Å². The molecule has 1 fully saturated rings. The molecule has 0 spiro atoms. The zero-order valence-corrected chi connectivity index (χ0v) is 10.5. The summed E-state index contributed by atoms with van der Waals surface area (Å²) in [6.45, 7) is 4.94. The lowest BCUT2D eigenvalue weighted by atomic mass is 9.99. The van der Waals surface area contributed by atoms with Crippen LogP contribution in [0.5, 0.6) is 0 Å². The smallest absolute Gasteiger partial charge is 0.133 e. The molecule has 0 radical (unpaired) electrons. The lowest BCUT2D eigenvalue weighted by Gasteiger charge is -2.26. The molecule has 0 unspecified atom stereocenters. The van der Waals surface area contributed by atoms with Gasteiger partial charge < -0.3 is 9.88 Å². The van der Waals surface area contributed by atoms with Crippen LogP contribution in [0.25, 0.3) is 0 Å². The van der Waals surface area contributed by atoms with Gasteiger partial charge in [0.2, 0.25) is 0 Å². The summed E-state index contributed by atoms with van der Waals surface area (Å²) < 4.78 is 2.17. The summed E-state index contributed by atoms with van der Waals surface area (Å²) in [4.78, 5) is 4.36. The van der Waals surface area contributed by atoms with E-state index in [4.69, 9.17) is 0 Å². The number of aromatic nitrogens is 4. The maximum Gasteiger partial charge on any atom is 0.133 e. The zero-order valence-electron chi connectivity index (χ0n) is 10.5. The molecule has 0 amide bonds. The molecule has 0 bridgehead atoms. The van der Waals surface area contributed by atoms with Crippen molar-refractivity contribution in [3.05, 3.63) is 41.7 Å². The standard InChI is InChI=1S/C13H17N5/c1-10-16-17-13(6-11-7-14-8-11)18(10)9-12-4-2-3-5-15-12/h2-5,11,14H,6-9H2,1H3. The van der Waals surface area contributed by atoms with Gasteiger partial charge in [-0.1, -0.05) is 6.07 Å². The molecule has 1 saturated heterocycles. The molecule has 0 saturated carbocycles. The predicted octanol–water partition coefficient (Wildman–Crippen LogP) is 0.792. The Bertz CT molecular complexity index is 515. The second-order valence-electron chi connectivity index (χ2n) is 4.80. The molecule has 1 N–H and O–H groups in total. The first-order chi connectivity index (χ1) is 8.83. The summed E-state index contributed by atoms with van der Waals surface area (Å²) in [5.41, 5.74) is 1.05. The maximum absolute atomic E-state index is 4.36. The fourth-order valence-corrected chi connectivity index (χ4v) is 2.19. The Labute approximate surface area is 106 Å². The van der Waals surface area contributed by atoms with Crippen molar-refractivity contribution in [1.29, 1.82) is 0 Å². The quantitative estimate of drug-likeness (QED) is 0.862. The Morgan fingerprint density at radius 2 is 2.22 bits per heavy atom. The molecular formula is C13H17N5. The Balaban J connectivity index is 1.79. The van der Waals surface area contributed by atoms with Gasteiger partial charge in [0, 0.05) is 12.6 Å². The van der Waals surface area contributed by atoms with Crippen molar-refractivity contribution < 1.29 is 0 Å². The third-order valence-electron chi connectivity index (χ3n) is 3.40. The van der Waals surface area contributed by atoms with Gasteiger partial charge in [-0.3, -0.25) is 4.98 Å². The minimum Gasteiger partial charge on any atom is -0.316 e. The number of hydrogen-bond acceptors (Lipinski definition) is 4. The molecule has 18 heavy (non-hydrogen) atoms. The number of rotatable bonds is 4.